The normalized spacial score (nSPS) is 15.1. The van der Waals surface area contributed by atoms with Crippen LogP contribution in [0.1, 0.15) is 69.1 Å². The maximum Gasteiger partial charge on any atom is 0.407 e. The highest BCUT2D eigenvalue weighted by molar-refractivity contribution is 7.90. The van der Waals surface area contributed by atoms with Crippen molar-refractivity contribution < 1.29 is 37.4 Å². The van der Waals surface area contributed by atoms with Crippen LogP contribution >= 0.6 is 0 Å². The van der Waals surface area contributed by atoms with Crippen molar-refractivity contribution in [2.24, 2.45) is 10.1 Å². The van der Waals surface area contributed by atoms with Gasteiger partial charge in [0.15, 0.2) is 0 Å². The summed E-state index contributed by atoms with van der Waals surface area (Å²) in [5, 5.41) is 14.5. The quantitative estimate of drug-likeness (QED) is 0.127. The van der Waals surface area contributed by atoms with Crippen molar-refractivity contribution in [1.29, 1.82) is 0 Å². The SMILES string of the molecule is Cc1c(C)c(S(=O)(=O)N=C(N)c2ccc(C(=O)NC[C@H](NC(=O)OCC3c4ccccc4-c4ccccc43)C(=O)O)cc2)c(C)c2c1OC(C)(C)C2. The molecule has 0 radical (unpaired) electrons. The second-order valence-electron chi connectivity index (χ2n) is 13.7. The number of benzene rings is 4. The second kappa shape index (κ2) is 13.8. The Balaban J connectivity index is 1.07. The number of carbonyl (C=O) groups excluding carboxylic acids is 2. The Labute approximate surface area is 302 Å². The molecule has 5 N–H and O–H groups in total. The zero-order chi connectivity index (χ0) is 37.5. The van der Waals surface area contributed by atoms with Gasteiger partial charge in [0, 0.05) is 35.6 Å². The molecular formula is C39H40N4O8S. The smallest absolute Gasteiger partial charge is 0.407 e. The van der Waals surface area contributed by atoms with Gasteiger partial charge in [-0.2, -0.15) is 8.42 Å². The Morgan fingerprint density at radius 1 is 0.923 bits per heavy atom. The van der Waals surface area contributed by atoms with E-state index in [0.717, 1.165) is 33.4 Å². The van der Waals surface area contributed by atoms with E-state index in [2.05, 4.69) is 15.0 Å². The van der Waals surface area contributed by atoms with Gasteiger partial charge in [-0.3, -0.25) is 4.79 Å². The number of hydrogen-bond donors (Lipinski definition) is 4. The maximum atomic E-state index is 13.6. The summed E-state index contributed by atoms with van der Waals surface area (Å²) < 4.78 is 42.6. The molecule has 13 heteroatoms. The predicted molar refractivity (Wildman–Crippen MR) is 195 cm³/mol. The number of amides is 2. The summed E-state index contributed by atoms with van der Waals surface area (Å²) in [5.41, 5.74) is 12.9. The number of aliphatic carboxylic acids is 1. The van der Waals surface area contributed by atoms with Crippen LogP contribution in [0.2, 0.25) is 0 Å². The monoisotopic (exact) mass is 724 g/mol. The molecule has 0 fully saturated rings. The lowest BCUT2D eigenvalue weighted by molar-refractivity contribution is -0.139. The molecule has 0 saturated carbocycles. The van der Waals surface area contributed by atoms with Crippen LogP contribution in [0.5, 0.6) is 5.75 Å². The molecule has 1 aliphatic carbocycles. The Morgan fingerprint density at radius 2 is 1.50 bits per heavy atom. The van der Waals surface area contributed by atoms with Gasteiger partial charge < -0.3 is 30.9 Å². The average Bonchev–Trinajstić information content (AvgIpc) is 3.61. The van der Waals surface area contributed by atoms with Crippen molar-refractivity contribution in [3.63, 3.8) is 0 Å². The molecule has 2 aliphatic rings. The lowest BCUT2D eigenvalue weighted by atomic mass is 9.94. The van der Waals surface area contributed by atoms with Gasteiger partial charge in [-0.25, -0.2) is 9.59 Å². The number of rotatable bonds is 10. The predicted octanol–water partition coefficient (Wildman–Crippen LogP) is 5.14. The zero-order valence-corrected chi connectivity index (χ0v) is 30.3. The third-order valence-electron chi connectivity index (χ3n) is 9.61. The number of fused-ring (bicyclic) bond motifs is 4. The van der Waals surface area contributed by atoms with E-state index in [9.17, 15) is 27.9 Å². The van der Waals surface area contributed by atoms with Gasteiger partial charge in [0.25, 0.3) is 15.9 Å². The van der Waals surface area contributed by atoms with E-state index < -0.39 is 46.2 Å². The Morgan fingerprint density at radius 3 is 2.10 bits per heavy atom. The Kier molecular flexibility index (Phi) is 9.58. The number of amidine groups is 1. The van der Waals surface area contributed by atoms with Crippen LogP contribution in [0.4, 0.5) is 4.79 Å². The molecule has 0 spiro atoms. The summed E-state index contributed by atoms with van der Waals surface area (Å²) in [4.78, 5) is 37.6. The molecular weight excluding hydrogens is 685 g/mol. The maximum absolute atomic E-state index is 13.6. The highest BCUT2D eigenvalue weighted by Crippen LogP contribution is 2.45. The van der Waals surface area contributed by atoms with Crippen molar-refractivity contribution in [3.8, 4) is 16.9 Å². The summed E-state index contributed by atoms with van der Waals surface area (Å²) in [6.45, 7) is 8.74. The first kappa shape index (κ1) is 36.1. The van der Waals surface area contributed by atoms with Gasteiger partial charge in [0.2, 0.25) is 0 Å². The molecule has 6 rings (SSSR count). The summed E-state index contributed by atoms with van der Waals surface area (Å²) >= 11 is 0. The van der Waals surface area contributed by atoms with Crippen LogP contribution < -0.4 is 21.1 Å². The second-order valence-corrected chi connectivity index (χ2v) is 15.2. The highest BCUT2D eigenvalue weighted by Gasteiger charge is 2.37. The van der Waals surface area contributed by atoms with Gasteiger partial charge in [0.05, 0.1) is 4.90 Å². The standard InChI is InChI=1S/C39H40N4O8S/c1-21-22(2)34(23(3)30-18-39(4,5)51-33(21)30)52(48,49)43-35(40)24-14-16-25(17-15-24)36(44)41-19-32(37(45)46)42-38(47)50-20-31-28-12-8-6-10-26(28)27-11-7-9-13-29(27)31/h6-17,31-32H,18-20H2,1-5H3,(H2,40,43)(H,41,44)(H,42,47)(H,45,46)/t32-/m0/s1. The molecule has 1 heterocycles. The lowest BCUT2D eigenvalue weighted by Crippen LogP contribution is -2.48. The summed E-state index contributed by atoms with van der Waals surface area (Å²) in [6, 6.07) is 19.9. The molecule has 52 heavy (non-hydrogen) atoms. The molecule has 4 aromatic rings. The topological polar surface area (TPSA) is 186 Å². The van der Waals surface area contributed by atoms with Crippen LogP contribution in [0.3, 0.4) is 0 Å². The minimum atomic E-state index is -4.22. The fraction of sp³-hybridized carbons (Fsp3) is 0.282. The van der Waals surface area contributed by atoms with E-state index in [4.69, 9.17) is 15.2 Å². The molecule has 0 aromatic heterocycles. The van der Waals surface area contributed by atoms with E-state index in [0.29, 0.717) is 23.3 Å². The van der Waals surface area contributed by atoms with Crippen molar-refractivity contribution >= 4 is 33.8 Å². The van der Waals surface area contributed by atoms with Crippen LogP contribution in [0, 0.1) is 20.8 Å². The molecule has 12 nitrogen and oxygen atoms in total. The number of ether oxygens (including phenoxy) is 2. The lowest BCUT2D eigenvalue weighted by Gasteiger charge is -2.18. The van der Waals surface area contributed by atoms with Gasteiger partial charge >= 0.3 is 12.1 Å². The minimum absolute atomic E-state index is 0.00187. The third kappa shape index (κ3) is 6.96. The number of nitrogens with zero attached hydrogens (tertiary/aromatic N) is 1. The van der Waals surface area contributed by atoms with E-state index in [-0.39, 0.29) is 34.4 Å². The molecule has 270 valence electrons. The van der Waals surface area contributed by atoms with Gasteiger partial charge in [-0.15, -0.1) is 4.40 Å². The first-order valence-electron chi connectivity index (χ1n) is 16.7. The van der Waals surface area contributed by atoms with Gasteiger partial charge in [-0.1, -0.05) is 60.7 Å². The summed E-state index contributed by atoms with van der Waals surface area (Å²) in [5.74, 6) is -1.76. The van der Waals surface area contributed by atoms with Crippen molar-refractivity contribution in [2.45, 2.75) is 63.5 Å². The van der Waals surface area contributed by atoms with Crippen LogP contribution in [-0.2, 0) is 26.0 Å². The number of hydrogen-bond acceptors (Lipinski definition) is 7. The van der Waals surface area contributed by atoms with Crippen molar-refractivity contribution in [1.82, 2.24) is 10.6 Å². The third-order valence-corrected chi connectivity index (χ3v) is 11.2. The van der Waals surface area contributed by atoms with E-state index in [1.165, 1.54) is 24.3 Å². The minimum Gasteiger partial charge on any atom is -0.487 e. The number of nitrogens with one attached hydrogen (secondary N) is 2. The molecule has 2 amide bonds. The molecule has 4 aromatic carbocycles. The average molecular weight is 725 g/mol. The number of carbonyl (C=O) groups is 3. The Hall–Kier alpha value is -5.69. The van der Waals surface area contributed by atoms with Crippen LogP contribution in [0.15, 0.2) is 82.1 Å². The van der Waals surface area contributed by atoms with E-state index in [1.54, 1.807) is 13.8 Å². The first-order valence-corrected chi connectivity index (χ1v) is 18.2. The van der Waals surface area contributed by atoms with Gasteiger partial charge in [0.1, 0.15) is 29.8 Å². The Bertz CT molecular complexity index is 2200. The summed E-state index contributed by atoms with van der Waals surface area (Å²) in [6.07, 6.45) is -0.380. The molecule has 1 aliphatic heterocycles. The molecule has 0 unspecified atom stereocenters. The fourth-order valence-corrected chi connectivity index (χ4v) is 8.44. The number of alkyl carbamates (subject to hydrolysis) is 1. The zero-order valence-electron chi connectivity index (χ0n) is 29.4. The van der Waals surface area contributed by atoms with Crippen molar-refractivity contribution in [3.05, 3.63) is 117 Å². The largest absolute Gasteiger partial charge is 0.487 e. The number of nitrogens with two attached hydrogens (primary N) is 1. The number of sulfonamides is 1. The summed E-state index contributed by atoms with van der Waals surface area (Å²) in [7, 11) is -4.22. The number of carboxylic acid groups (broad SMARTS) is 1. The van der Waals surface area contributed by atoms with Gasteiger partial charge in [-0.05, 0) is 85.7 Å². The first-order chi connectivity index (χ1) is 24.6. The molecule has 0 bridgehead atoms. The van der Waals surface area contributed by atoms with E-state index in [1.807, 2.05) is 69.3 Å². The number of carboxylic acids is 1. The molecule has 1 atom stereocenters. The fourth-order valence-electron chi connectivity index (χ4n) is 6.93. The van der Waals surface area contributed by atoms with Crippen molar-refractivity contribution in [2.75, 3.05) is 13.2 Å². The van der Waals surface area contributed by atoms with E-state index >= 15 is 0 Å². The molecule has 0 saturated heterocycles. The van der Waals surface area contributed by atoms with Crippen LogP contribution in [-0.4, -0.2) is 62.1 Å². The highest BCUT2D eigenvalue weighted by atomic mass is 32.2. The van der Waals surface area contributed by atoms with Crippen LogP contribution in [0.25, 0.3) is 11.1 Å².